The minimum atomic E-state index is 0.540. The number of hydrogen-bond donors (Lipinski definition) is 0. The summed E-state index contributed by atoms with van der Waals surface area (Å²) >= 11 is 0. The molecule has 3 nitrogen and oxygen atoms in total. The lowest BCUT2D eigenvalue weighted by atomic mass is 10.1. The van der Waals surface area contributed by atoms with Gasteiger partial charge in [0.2, 0.25) is 0 Å². The number of aromatic nitrogens is 2. The van der Waals surface area contributed by atoms with Crippen LogP contribution in [0, 0.1) is 0 Å². The maximum Gasteiger partial charge on any atom is 0.138 e. The van der Waals surface area contributed by atoms with Crippen molar-refractivity contribution in [2.24, 2.45) is 0 Å². The second kappa shape index (κ2) is 4.92. The molecular formula is C16H12N2O. The summed E-state index contributed by atoms with van der Waals surface area (Å²) in [6.07, 6.45) is 15.5. The van der Waals surface area contributed by atoms with Crippen LogP contribution in [0.15, 0.2) is 66.1 Å². The van der Waals surface area contributed by atoms with E-state index in [2.05, 4.69) is 22.3 Å². The Kier molecular flexibility index (Phi) is 2.97. The van der Waals surface area contributed by atoms with Gasteiger partial charge in [0.25, 0.3) is 0 Å². The average molecular weight is 248 g/mol. The topological polar surface area (TPSA) is 35.0 Å². The molecule has 92 valence electrons. The Bertz CT molecular complexity index is 775. The van der Waals surface area contributed by atoms with E-state index in [4.69, 9.17) is 4.74 Å². The quantitative estimate of drug-likeness (QED) is 0.653. The lowest BCUT2D eigenvalue weighted by molar-refractivity contribution is 0.341. The SMILES string of the molecule is C=C1/C=c2/nccn/c2=C/CC2=C(C=C=CC=C2)O1. The molecule has 2 aliphatic rings. The zero-order chi connectivity index (χ0) is 13.1. The molecule has 0 atom stereocenters. The van der Waals surface area contributed by atoms with Gasteiger partial charge in [-0.3, -0.25) is 9.97 Å². The van der Waals surface area contributed by atoms with Gasteiger partial charge in [-0.15, -0.1) is 5.73 Å². The molecule has 0 saturated heterocycles. The molecule has 19 heavy (non-hydrogen) atoms. The molecule has 0 amide bonds. The van der Waals surface area contributed by atoms with Crippen molar-refractivity contribution in [3.63, 3.8) is 0 Å². The van der Waals surface area contributed by atoms with E-state index in [1.807, 2.05) is 30.4 Å². The van der Waals surface area contributed by atoms with Crippen molar-refractivity contribution in [2.75, 3.05) is 0 Å². The smallest absolute Gasteiger partial charge is 0.138 e. The van der Waals surface area contributed by atoms with E-state index in [1.165, 1.54) is 0 Å². The number of hydrogen-bond acceptors (Lipinski definition) is 3. The van der Waals surface area contributed by atoms with Crippen LogP contribution >= 0.6 is 0 Å². The van der Waals surface area contributed by atoms with Crippen molar-refractivity contribution >= 4 is 12.2 Å². The molecule has 2 heterocycles. The third-order valence-electron chi connectivity index (χ3n) is 2.83. The van der Waals surface area contributed by atoms with Crippen molar-refractivity contribution in [3.8, 4) is 0 Å². The first kappa shape index (κ1) is 11.5. The highest BCUT2D eigenvalue weighted by atomic mass is 16.5. The van der Waals surface area contributed by atoms with Gasteiger partial charge in [0.15, 0.2) is 0 Å². The van der Waals surface area contributed by atoms with Crippen molar-refractivity contribution in [1.82, 2.24) is 9.97 Å². The molecule has 3 rings (SSSR count). The van der Waals surface area contributed by atoms with E-state index >= 15 is 0 Å². The fourth-order valence-electron chi connectivity index (χ4n) is 1.94. The minimum absolute atomic E-state index is 0.540. The summed E-state index contributed by atoms with van der Waals surface area (Å²) in [6.45, 7) is 3.90. The maximum atomic E-state index is 5.76. The predicted octanol–water partition coefficient (Wildman–Crippen LogP) is 1.51. The largest absolute Gasteiger partial charge is 0.457 e. The monoisotopic (exact) mass is 248 g/mol. The Labute approximate surface area is 111 Å². The minimum Gasteiger partial charge on any atom is -0.457 e. The maximum absolute atomic E-state index is 5.76. The Hall–Kier alpha value is -2.64. The third-order valence-corrected chi connectivity index (χ3v) is 2.83. The van der Waals surface area contributed by atoms with Gasteiger partial charge in [0.1, 0.15) is 11.5 Å². The first-order valence-corrected chi connectivity index (χ1v) is 6.01. The molecule has 0 spiro atoms. The van der Waals surface area contributed by atoms with Gasteiger partial charge in [-0.25, -0.2) is 0 Å². The van der Waals surface area contributed by atoms with E-state index in [1.54, 1.807) is 18.5 Å². The summed E-state index contributed by atoms with van der Waals surface area (Å²) in [6, 6.07) is 0. The number of fused-ring (bicyclic) bond motifs is 1. The van der Waals surface area contributed by atoms with Crippen LogP contribution in [0.2, 0.25) is 0 Å². The first-order valence-electron chi connectivity index (χ1n) is 6.01. The van der Waals surface area contributed by atoms with Crippen LogP contribution in [0.1, 0.15) is 6.42 Å². The molecule has 1 aliphatic carbocycles. The van der Waals surface area contributed by atoms with E-state index in [0.717, 1.165) is 28.5 Å². The number of ether oxygens (including phenoxy) is 1. The normalized spacial score (nSPS) is 20.5. The van der Waals surface area contributed by atoms with Crippen molar-refractivity contribution in [3.05, 3.63) is 76.8 Å². The highest BCUT2D eigenvalue weighted by Crippen LogP contribution is 2.19. The van der Waals surface area contributed by atoms with Gasteiger partial charge in [0.05, 0.1) is 10.7 Å². The summed E-state index contributed by atoms with van der Waals surface area (Å²) in [4.78, 5) is 8.62. The van der Waals surface area contributed by atoms with Crippen LogP contribution in [0.5, 0.6) is 0 Å². The summed E-state index contributed by atoms with van der Waals surface area (Å²) < 4.78 is 5.76. The van der Waals surface area contributed by atoms with Gasteiger partial charge in [-0.2, -0.15) is 0 Å². The number of nitrogens with zero attached hydrogens (tertiary/aromatic N) is 2. The highest BCUT2D eigenvalue weighted by molar-refractivity contribution is 5.47. The fourth-order valence-corrected chi connectivity index (χ4v) is 1.94. The summed E-state index contributed by atoms with van der Waals surface area (Å²) in [5.41, 5.74) is 4.10. The highest BCUT2D eigenvalue weighted by Gasteiger charge is 2.07. The molecule has 0 N–H and O–H groups in total. The molecule has 0 bridgehead atoms. The van der Waals surface area contributed by atoms with E-state index in [9.17, 15) is 0 Å². The van der Waals surface area contributed by atoms with Gasteiger partial charge < -0.3 is 4.74 Å². The predicted molar refractivity (Wildman–Crippen MR) is 73.9 cm³/mol. The van der Waals surface area contributed by atoms with Gasteiger partial charge in [-0.05, 0) is 18.1 Å². The molecule has 1 aromatic rings. The van der Waals surface area contributed by atoms with Crippen LogP contribution in [0.4, 0.5) is 0 Å². The zero-order valence-electron chi connectivity index (χ0n) is 10.3. The molecule has 1 aromatic heterocycles. The molecule has 0 radical (unpaired) electrons. The zero-order valence-corrected chi connectivity index (χ0v) is 10.3. The molecule has 0 saturated carbocycles. The Morgan fingerprint density at radius 2 is 2.05 bits per heavy atom. The second-order valence-electron chi connectivity index (χ2n) is 4.17. The molecular weight excluding hydrogens is 236 g/mol. The standard InChI is InChI=1S/C16H12N2O/c1-12-11-15-14(17-9-10-18-15)8-7-13-5-3-2-4-6-16(13)19-12/h2-3,5-6,8-11H,1,7H2/b14-8+,15-11+. The Morgan fingerprint density at radius 1 is 1.21 bits per heavy atom. The third kappa shape index (κ3) is 2.46. The molecule has 0 fully saturated rings. The summed E-state index contributed by atoms with van der Waals surface area (Å²) in [7, 11) is 0. The van der Waals surface area contributed by atoms with Gasteiger partial charge >= 0.3 is 0 Å². The van der Waals surface area contributed by atoms with Gasteiger partial charge in [0, 0.05) is 24.5 Å². The summed E-state index contributed by atoms with van der Waals surface area (Å²) in [5, 5.41) is 1.62. The Balaban J connectivity index is 2.18. The molecule has 1 aliphatic heterocycles. The summed E-state index contributed by atoms with van der Waals surface area (Å²) in [5.74, 6) is 1.30. The molecule has 3 heteroatoms. The average Bonchev–Trinajstić information content (AvgIpc) is 2.59. The molecule has 0 unspecified atom stereocenters. The van der Waals surface area contributed by atoms with Crippen LogP contribution in [0.25, 0.3) is 12.2 Å². The van der Waals surface area contributed by atoms with Crippen molar-refractivity contribution in [1.29, 1.82) is 0 Å². The van der Waals surface area contributed by atoms with Crippen LogP contribution in [-0.2, 0) is 4.74 Å². The first-order chi connectivity index (χ1) is 9.33. The fraction of sp³-hybridized carbons (Fsp3) is 0.0625. The lowest BCUT2D eigenvalue weighted by Crippen LogP contribution is -2.30. The second-order valence-corrected chi connectivity index (χ2v) is 4.17. The number of rotatable bonds is 0. The lowest BCUT2D eigenvalue weighted by Gasteiger charge is -2.08. The Morgan fingerprint density at radius 3 is 2.95 bits per heavy atom. The van der Waals surface area contributed by atoms with Crippen LogP contribution in [-0.4, -0.2) is 9.97 Å². The van der Waals surface area contributed by atoms with E-state index in [-0.39, 0.29) is 0 Å². The van der Waals surface area contributed by atoms with Crippen LogP contribution in [0.3, 0.4) is 0 Å². The van der Waals surface area contributed by atoms with Gasteiger partial charge in [-0.1, -0.05) is 24.8 Å². The van der Waals surface area contributed by atoms with E-state index < -0.39 is 0 Å². The van der Waals surface area contributed by atoms with E-state index in [0.29, 0.717) is 5.76 Å². The molecule has 0 aromatic carbocycles. The van der Waals surface area contributed by atoms with Crippen molar-refractivity contribution < 1.29 is 4.74 Å². The van der Waals surface area contributed by atoms with Crippen LogP contribution < -0.4 is 10.7 Å². The number of allylic oxidation sites excluding steroid dienone is 5. The van der Waals surface area contributed by atoms with Crippen molar-refractivity contribution in [2.45, 2.75) is 6.42 Å².